The second kappa shape index (κ2) is 10.7. The van der Waals surface area contributed by atoms with Crippen LogP contribution in [0.5, 0.6) is 11.5 Å². The molecule has 3 aromatic carbocycles. The Bertz CT molecular complexity index is 1460. The van der Waals surface area contributed by atoms with Crippen LogP contribution >= 0.6 is 0 Å². The molecule has 3 heterocycles. The van der Waals surface area contributed by atoms with Crippen LogP contribution in [0.15, 0.2) is 72.8 Å². The van der Waals surface area contributed by atoms with Crippen molar-refractivity contribution < 1.29 is 19.1 Å². The maximum absolute atomic E-state index is 13.0. The van der Waals surface area contributed by atoms with Gasteiger partial charge in [-0.3, -0.25) is 14.5 Å². The average Bonchev–Trinajstić information content (AvgIpc) is 3.30. The second-order valence-electron chi connectivity index (χ2n) is 9.92. The molecule has 2 aliphatic rings. The van der Waals surface area contributed by atoms with Gasteiger partial charge in [-0.05, 0) is 74.3 Å². The number of piperidine rings is 1. The summed E-state index contributed by atoms with van der Waals surface area (Å²) in [7, 11) is 0. The molecule has 8 nitrogen and oxygen atoms in total. The van der Waals surface area contributed by atoms with Crippen LogP contribution in [-0.4, -0.2) is 52.4 Å². The van der Waals surface area contributed by atoms with Crippen molar-refractivity contribution in [2.24, 2.45) is 5.92 Å². The maximum Gasteiger partial charge on any atom is 0.262 e. The lowest BCUT2D eigenvalue weighted by Crippen LogP contribution is -2.38. The Kier molecular flexibility index (Phi) is 6.79. The van der Waals surface area contributed by atoms with Crippen LogP contribution in [0.1, 0.15) is 29.0 Å². The Hall–Kier alpha value is -4.17. The number of nitrogens with one attached hydrogen (secondary N) is 1. The number of fused-ring (bicyclic) bond motifs is 2. The van der Waals surface area contributed by atoms with E-state index in [1.165, 1.54) is 0 Å². The molecule has 0 unspecified atom stereocenters. The fourth-order valence-electron chi connectivity index (χ4n) is 5.24. The molecule has 38 heavy (non-hydrogen) atoms. The lowest BCUT2D eigenvalue weighted by atomic mass is 9.96. The zero-order chi connectivity index (χ0) is 25.9. The molecule has 6 rings (SSSR count). The number of ether oxygens (including phenoxy) is 2. The highest BCUT2D eigenvalue weighted by Crippen LogP contribution is 2.29. The van der Waals surface area contributed by atoms with E-state index in [0.29, 0.717) is 36.1 Å². The fraction of sp³-hybridized carbons (Fsp3) is 0.300. The summed E-state index contributed by atoms with van der Waals surface area (Å²) < 4.78 is 13.7. The molecule has 0 bridgehead atoms. The number of imidazole rings is 1. The molecule has 0 spiro atoms. The smallest absolute Gasteiger partial charge is 0.262 e. The highest BCUT2D eigenvalue weighted by atomic mass is 16.5. The number of Topliss-reactive ketones (excluding diaryl/α,β-unsaturated/α-hetero) is 1. The minimum absolute atomic E-state index is 0.00560. The lowest BCUT2D eigenvalue weighted by Gasteiger charge is -2.32. The first kappa shape index (κ1) is 24.2. The monoisotopic (exact) mass is 510 g/mol. The number of nitrogens with zero attached hydrogens (tertiary/aromatic N) is 3. The summed E-state index contributed by atoms with van der Waals surface area (Å²) in [6, 6.07) is 23.3. The van der Waals surface area contributed by atoms with E-state index in [4.69, 9.17) is 14.5 Å². The van der Waals surface area contributed by atoms with Crippen molar-refractivity contribution in [3.8, 4) is 11.5 Å². The molecular weight excluding hydrogens is 480 g/mol. The van der Waals surface area contributed by atoms with Crippen LogP contribution < -0.4 is 14.8 Å². The van der Waals surface area contributed by atoms with Crippen molar-refractivity contribution in [3.63, 3.8) is 0 Å². The number of carbonyl (C=O) groups excluding carboxylic acids is 2. The van der Waals surface area contributed by atoms with Crippen LogP contribution in [0.25, 0.3) is 11.0 Å². The van der Waals surface area contributed by atoms with Crippen LogP contribution in [-0.2, 0) is 17.9 Å². The van der Waals surface area contributed by atoms with Gasteiger partial charge in [-0.15, -0.1) is 0 Å². The van der Waals surface area contributed by atoms with Crippen LogP contribution in [0.4, 0.5) is 5.69 Å². The highest BCUT2D eigenvalue weighted by molar-refractivity contribution is 6.01. The number of rotatable bonds is 8. The van der Waals surface area contributed by atoms with E-state index in [9.17, 15) is 9.59 Å². The van der Waals surface area contributed by atoms with E-state index in [0.717, 1.165) is 55.1 Å². The van der Waals surface area contributed by atoms with E-state index in [-0.39, 0.29) is 18.3 Å². The summed E-state index contributed by atoms with van der Waals surface area (Å²) >= 11 is 0. The summed E-state index contributed by atoms with van der Waals surface area (Å²) in [5.74, 6) is 2.69. The van der Waals surface area contributed by atoms with Crippen molar-refractivity contribution in [2.45, 2.75) is 26.0 Å². The van der Waals surface area contributed by atoms with Crippen molar-refractivity contribution in [1.29, 1.82) is 0 Å². The summed E-state index contributed by atoms with van der Waals surface area (Å²) in [5.41, 5.74) is 3.25. The molecule has 194 valence electrons. The van der Waals surface area contributed by atoms with E-state index in [1.54, 1.807) is 18.2 Å². The SMILES string of the molecule is O=C1COc2ccc(C(=O)CN3CCC(Cn4c(COc5ccccc5)nc5ccccc54)CC3)cc2N1. The highest BCUT2D eigenvalue weighted by Gasteiger charge is 2.24. The first-order valence-corrected chi connectivity index (χ1v) is 13.1. The molecule has 1 amide bonds. The number of carbonyl (C=O) groups is 2. The van der Waals surface area contributed by atoms with E-state index >= 15 is 0 Å². The quantitative estimate of drug-likeness (QED) is 0.350. The average molecular weight is 511 g/mol. The summed E-state index contributed by atoms with van der Waals surface area (Å²) in [4.78, 5) is 31.7. The van der Waals surface area contributed by atoms with Gasteiger partial charge in [0.25, 0.3) is 5.91 Å². The Balaban J connectivity index is 1.08. The third-order valence-corrected chi connectivity index (χ3v) is 7.29. The zero-order valence-electron chi connectivity index (χ0n) is 21.1. The number of anilines is 1. The number of para-hydroxylation sites is 3. The van der Waals surface area contributed by atoms with Crippen molar-refractivity contribution in [3.05, 3.63) is 84.2 Å². The van der Waals surface area contributed by atoms with Gasteiger partial charge in [-0.1, -0.05) is 30.3 Å². The van der Waals surface area contributed by atoms with Gasteiger partial charge in [0.05, 0.1) is 23.3 Å². The predicted molar refractivity (Wildman–Crippen MR) is 145 cm³/mol. The predicted octanol–water partition coefficient (Wildman–Crippen LogP) is 4.54. The van der Waals surface area contributed by atoms with Crippen LogP contribution in [0.3, 0.4) is 0 Å². The Labute approximate surface area is 221 Å². The normalized spacial score (nSPS) is 16.1. The van der Waals surface area contributed by atoms with Gasteiger partial charge in [-0.25, -0.2) is 4.98 Å². The van der Waals surface area contributed by atoms with Gasteiger partial charge in [-0.2, -0.15) is 0 Å². The van der Waals surface area contributed by atoms with Crippen molar-refractivity contribution in [2.75, 3.05) is 31.6 Å². The maximum atomic E-state index is 13.0. The van der Waals surface area contributed by atoms with Crippen LogP contribution in [0, 0.1) is 5.92 Å². The molecule has 0 atom stereocenters. The molecule has 1 aromatic heterocycles. The number of hydrogen-bond donors (Lipinski definition) is 1. The van der Waals surface area contributed by atoms with Crippen molar-refractivity contribution in [1.82, 2.24) is 14.5 Å². The summed E-state index contributed by atoms with van der Waals surface area (Å²) in [6.45, 7) is 3.39. The third kappa shape index (κ3) is 5.26. The Morgan fingerprint density at radius 1 is 1.03 bits per heavy atom. The number of amides is 1. The number of ketones is 1. The lowest BCUT2D eigenvalue weighted by molar-refractivity contribution is -0.118. The van der Waals surface area contributed by atoms with Gasteiger partial charge >= 0.3 is 0 Å². The molecule has 4 aromatic rings. The number of benzene rings is 3. The Morgan fingerprint density at radius 3 is 2.66 bits per heavy atom. The van der Waals surface area contributed by atoms with Gasteiger partial charge in [0.15, 0.2) is 12.4 Å². The Morgan fingerprint density at radius 2 is 1.82 bits per heavy atom. The van der Waals surface area contributed by atoms with Gasteiger partial charge in [0, 0.05) is 12.1 Å². The van der Waals surface area contributed by atoms with E-state index in [2.05, 4.69) is 26.9 Å². The van der Waals surface area contributed by atoms with Gasteiger partial charge in [0.1, 0.15) is 23.9 Å². The molecule has 0 aliphatic carbocycles. The molecule has 8 heteroatoms. The molecule has 0 radical (unpaired) electrons. The first-order valence-electron chi connectivity index (χ1n) is 13.1. The second-order valence-corrected chi connectivity index (χ2v) is 9.92. The third-order valence-electron chi connectivity index (χ3n) is 7.29. The zero-order valence-corrected chi connectivity index (χ0v) is 21.1. The summed E-state index contributed by atoms with van der Waals surface area (Å²) in [5, 5.41) is 2.77. The van der Waals surface area contributed by atoms with Crippen LogP contribution in [0.2, 0.25) is 0 Å². The first-order chi connectivity index (χ1) is 18.6. The minimum atomic E-state index is -0.204. The molecule has 1 N–H and O–H groups in total. The molecule has 0 saturated carbocycles. The molecule has 2 aliphatic heterocycles. The topological polar surface area (TPSA) is 85.7 Å². The standard InChI is InChI=1S/C30H30N4O4/c35-27(22-10-11-28-25(16-22)32-30(36)20-38-28)18-33-14-12-21(13-15-33)17-34-26-9-5-4-8-24(26)31-29(34)19-37-23-6-2-1-3-7-23/h1-11,16,21H,12-15,17-20H2,(H,32,36). The van der Waals surface area contributed by atoms with E-state index in [1.807, 2.05) is 42.5 Å². The van der Waals surface area contributed by atoms with Gasteiger partial charge < -0.3 is 19.4 Å². The number of aromatic nitrogens is 2. The number of likely N-dealkylation sites (tertiary alicyclic amines) is 1. The molecule has 1 saturated heterocycles. The number of hydrogen-bond acceptors (Lipinski definition) is 6. The molecular formula is C30H30N4O4. The van der Waals surface area contributed by atoms with Gasteiger partial charge in [0.2, 0.25) is 0 Å². The van der Waals surface area contributed by atoms with Crippen molar-refractivity contribution >= 4 is 28.4 Å². The van der Waals surface area contributed by atoms with E-state index < -0.39 is 0 Å². The largest absolute Gasteiger partial charge is 0.486 e. The minimum Gasteiger partial charge on any atom is -0.486 e. The molecule has 1 fully saturated rings. The summed E-state index contributed by atoms with van der Waals surface area (Å²) in [6.07, 6.45) is 2.01. The fourth-order valence-corrected chi connectivity index (χ4v) is 5.24.